The molecule has 0 aliphatic rings. The van der Waals surface area contributed by atoms with Crippen molar-refractivity contribution in [2.75, 3.05) is 32.3 Å². The summed E-state index contributed by atoms with van der Waals surface area (Å²) in [6.07, 6.45) is 0. The van der Waals surface area contributed by atoms with Gasteiger partial charge in [-0.25, -0.2) is 0 Å². The molecule has 6 N–H and O–H groups in total. The van der Waals surface area contributed by atoms with Crippen LogP contribution >= 0.6 is 19.9 Å². The third-order valence-corrected chi connectivity index (χ3v) is 1.85. The number of aliphatic hydroxyl groups is 3. The van der Waals surface area contributed by atoms with Crippen molar-refractivity contribution in [3.8, 4) is 0 Å². The molecule has 0 aromatic rings. The number of alkyl halides is 1. The summed E-state index contributed by atoms with van der Waals surface area (Å²) < 4.78 is 13.8. The van der Waals surface area contributed by atoms with Crippen molar-refractivity contribution in [2.45, 2.75) is 5.54 Å². The molecule has 7 nitrogen and oxygen atoms in total. The maximum absolute atomic E-state index is 9.66. The molecule has 0 fully saturated rings. The lowest BCUT2D eigenvalue weighted by Gasteiger charge is -2.20. The predicted octanol–water partition coefficient (Wildman–Crippen LogP) is -1.72. The van der Waals surface area contributed by atoms with Gasteiger partial charge in [-0.1, -0.05) is 0 Å². The molecule has 0 bridgehead atoms. The molecule has 0 saturated carbocycles. The first-order valence-corrected chi connectivity index (χ1v) is 5.78. The second-order valence-corrected chi connectivity index (χ2v) is 3.84. The highest BCUT2D eigenvalue weighted by molar-refractivity contribution is 7.32. The van der Waals surface area contributed by atoms with Gasteiger partial charge in [0, 0.05) is 5.88 Å². The molecule has 0 spiro atoms. The molecule has 0 saturated heterocycles. The van der Waals surface area contributed by atoms with E-state index in [2.05, 4.69) is 4.52 Å². The third kappa shape index (κ3) is 12.2. The first-order chi connectivity index (χ1) is 6.95. The van der Waals surface area contributed by atoms with Crippen molar-refractivity contribution in [3.05, 3.63) is 0 Å². The number of rotatable bonds is 6. The summed E-state index contributed by atoms with van der Waals surface area (Å²) in [4.78, 5) is 7.95. The van der Waals surface area contributed by atoms with Gasteiger partial charge in [0.2, 0.25) is 0 Å². The summed E-state index contributed by atoms with van der Waals surface area (Å²) in [5, 5.41) is 25.0. The first kappa shape index (κ1) is 17.7. The molecule has 0 aromatic heterocycles. The molecule has 0 rings (SSSR count). The highest BCUT2D eigenvalue weighted by atomic mass is 35.5. The van der Waals surface area contributed by atoms with Crippen LogP contribution in [-0.2, 0) is 9.09 Å². The summed E-state index contributed by atoms with van der Waals surface area (Å²) >= 11 is 5.09. The largest absolute Gasteiger partial charge is 0.394 e. The Morgan fingerprint density at radius 3 is 1.73 bits per heavy atom. The average molecular weight is 266 g/mol. The van der Waals surface area contributed by atoms with Crippen LogP contribution in [0.15, 0.2) is 0 Å². The second-order valence-electron chi connectivity index (χ2n) is 2.64. The minimum Gasteiger partial charge on any atom is -0.394 e. The number of aliphatic hydroxyl groups excluding tert-OH is 3. The van der Waals surface area contributed by atoms with Crippen molar-refractivity contribution < 1.29 is 29.3 Å². The summed E-state index contributed by atoms with van der Waals surface area (Å²) in [6.45, 7) is -1.06. The topological polar surface area (TPSA) is 133 Å². The van der Waals surface area contributed by atoms with Crippen LogP contribution in [0.2, 0.25) is 0 Å². The molecule has 1 atom stereocenters. The molecule has 94 valence electrons. The number of halogens is 1. The molecule has 0 amide bonds. The van der Waals surface area contributed by atoms with Crippen LogP contribution in [0.25, 0.3) is 0 Å². The molecule has 1 unspecified atom stereocenters. The van der Waals surface area contributed by atoms with Gasteiger partial charge in [0.1, 0.15) is 0 Å². The SMILES string of the molecule is NC(CO)(CO)CO.O=[PH](O)OCCCl. The van der Waals surface area contributed by atoms with Gasteiger partial charge in [0.05, 0.1) is 32.0 Å². The quantitative estimate of drug-likeness (QED) is 0.285. The van der Waals surface area contributed by atoms with Gasteiger partial charge in [-0.2, -0.15) is 0 Å². The van der Waals surface area contributed by atoms with Gasteiger partial charge in [0.25, 0.3) is 0 Å². The normalized spacial score (nSPS) is 12.9. The predicted molar refractivity (Wildman–Crippen MR) is 56.1 cm³/mol. The standard InChI is InChI=1S/C4H11NO3.C2H6ClO3P/c5-4(1-6,2-7)3-8;3-1-2-6-7(4)5/h6-8H,1-3,5H2;7H,1-2H2,(H,4,5). The lowest BCUT2D eigenvalue weighted by atomic mass is 10.1. The number of hydrogen-bond donors (Lipinski definition) is 5. The Labute approximate surface area is 93.4 Å². The Bertz CT molecular complexity index is 159. The van der Waals surface area contributed by atoms with Crippen molar-refractivity contribution in [1.29, 1.82) is 0 Å². The Kier molecular flexibility index (Phi) is 12.7. The zero-order valence-corrected chi connectivity index (χ0v) is 9.85. The van der Waals surface area contributed by atoms with Crippen molar-refractivity contribution >= 4 is 19.9 Å². The molecular weight excluding hydrogens is 248 g/mol. The van der Waals surface area contributed by atoms with Crippen molar-refractivity contribution in [1.82, 2.24) is 0 Å². The zero-order valence-electron chi connectivity index (χ0n) is 8.10. The Balaban J connectivity index is 0. The van der Waals surface area contributed by atoms with E-state index in [1.807, 2.05) is 0 Å². The molecule has 0 heterocycles. The first-order valence-electron chi connectivity index (χ1n) is 3.99. The Morgan fingerprint density at radius 2 is 1.67 bits per heavy atom. The lowest BCUT2D eigenvalue weighted by molar-refractivity contribution is 0.0697. The van der Waals surface area contributed by atoms with Gasteiger partial charge in [-0.3, -0.25) is 4.57 Å². The maximum atomic E-state index is 9.66. The van der Waals surface area contributed by atoms with Gasteiger partial charge in [-0.05, 0) is 0 Å². The highest BCUT2D eigenvalue weighted by Gasteiger charge is 2.20. The summed E-state index contributed by atoms with van der Waals surface area (Å²) in [7, 11) is -2.73. The van der Waals surface area contributed by atoms with E-state index in [9.17, 15) is 4.57 Å². The third-order valence-electron chi connectivity index (χ3n) is 1.25. The van der Waals surface area contributed by atoms with E-state index in [0.717, 1.165) is 0 Å². The van der Waals surface area contributed by atoms with Crippen LogP contribution in [0, 0.1) is 0 Å². The molecule has 0 radical (unpaired) electrons. The van der Waals surface area contributed by atoms with Gasteiger partial charge in [-0.15, -0.1) is 11.6 Å². The number of nitrogens with two attached hydrogens (primary N) is 1. The van der Waals surface area contributed by atoms with E-state index >= 15 is 0 Å². The molecule has 15 heavy (non-hydrogen) atoms. The molecule has 0 aliphatic carbocycles. The number of hydrogen-bond acceptors (Lipinski definition) is 6. The lowest BCUT2D eigenvalue weighted by Crippen LogP contribution is -2.50. The van der Waals surface area contributed by atoms with Crippen LogP contribution < -0.4 is 5.73 Å². The zero-order chi connectivity index (χ0) is 12.3. The van der Waals surface area contributed by atoms with E-state index in [1.54, 1.807) is 0 Å². The van der Waals surface area contributed by atoms with E-state index in [0.29, 0.717) is 0 Å². The maximum Gasteiger partial charge on any atom is 0.316 e. The summed E-state index contributed by atoms with van der Waals surface area (Å²) in [5.41, 5.74) is 3.94. The van der Waals surface area contributed by atoms with E-state index < -0.39 is 33.6 Å². The van der Waals surface area contributed by atoms with Crippen LogP contribution in [0.5, 0.6) is 0 Å². The van der Waals surface area contributed by atoms with Gasteiger partial charge >= 0.3 is 8.25 Å². The minimum atomic E-state index is -2.73. The van der Waals surface area contributed by atoms with Crippen LogP contribution in [0.1, 0.15) is 0 Å². The van der Waals surface area contributed by atoms with Crippen LogP contribution in [0.3, 0.4) is 0 Å². The molecule has 0 aliphatic heterocycles. The minimum absolute atomic E-state index is 0.149. The van der Waals surface area contributed by atoms with Crippen molar-refractivity contribution in [2.24, 2.45) is 5.73 Å². The van der Waals surface area contributed by atoms with Crippen molar-refractivity contribution in [3.63, 3.8) is 0 Å². The Morgan fingerprint density at radius 1 is 1.27 bits per heavy atom. The van der Waals surface area contributed by atoms with Crippen LogP contribution in [0.4, 0.5) is 0 Å². The van der Waals surface area contributed by atoms with Gasteiger partial charge in [0.15, 0.2) is 0 Å². The van der Waals surface area contributed by atoms with Gasteiger partial charge < -0.3 is 30.5 Å². The molecular formula is C6H17ClNO6P. The smallest absolute Gasteiger partial charge is 0.316 e. The average Bonchev–Trinajstić information content (AvgIpc) is 2.26. The second kappa shape index (κ2) is 10.8. The summed E-state index contributed by atoms with van der Waals surface area (Å²) in [5.74, 6) is 0.261. The fourth-order valence-electron chi connectivity index (χ4n) is 0.276. The molecule has 0 aromatic carbocycles. The monoisotopic (exact) mass is 265 g/mol. The van der Waals surface area contributed by atoms with Crippen LogP contribution in [-0.4, -0.2) is 58.1 Å². The molecule has 9 heteroatoms. The van der Waals surface area contributed by atoms with E-state index in [4.69, 9.17) is 37.5 Å². The fraction of sp³-hybridized carbons (Fsp3) is 1.00. The highest BCUT2D eigenvalue weighted by Crippen LogP contribution is 2.12. The fourth-order valence-corrected chi connectivity index (χ4v) is 0.759. The van der Waals surface area contributed by atoms with E-state index in [1.165, 1.54) is 0 Å². The Hall–Kier alpha value is 0.280. The van der Waals surface area contributed by atoms with E-state index in [-0.39, 0.29) is 12.5 Å². The summed E-state index contributed by atoms with van der Waals surface area (Å²) in [6, 6.07) is 0.